The third kappa shape index (κ3) is 3.80. The van der Waals surface area contributed by atoms with Crippen LogP contribution in [0, 0.1) is 11.8 Å². The molecule has 8 rings (SSSR count). The minimum absolute atomic E-state index is 0.0689. The van der Waals surface area contributed by atoms with Crippen molar-refractivity contribution in [3.8, 4) is 0 Å². The van der Waals surface area contributed by atoms with Gasteiger partial charge in [0.2, 0.25) is 17.6 Å². The number of anilines is 1. The predicted octanol–water partition coefficient (Wildman–Crippen LogP) is 6.87. The van der Waals surface area contributed by atoms with Crippen molar-refractivity contribution in [3.05, 3.63) is 135 Å². The molecule has 1 saturated heterocycles. The lowest BCUT2D eigenvalue weighted by Crippen LogP contribution is -2.57. The first-order chi connectivity index (χ1) is 20.6. The molecule has 214 valence electrons. The van der Waals surface area contributed by atoms with Crippen molar-refractivity contribution in [1.82, 2.24) is 0 Å². The molecule has 43 heavy (non-hydrogen) atoms. The molecule has 0 spiro atoms. The number of imide groups is 1. The number of hydrogen-bond acceptors (Lipinski definition) is 5. The Bertz CT molecular complexity index is 1750. The van der Waals surface area contributed by atoms with Gasteiger partial charge in [0.15, 0.2) is 6.10 Å². The van der Waals surface area contributed by atoms with Gasteiger partial charge in [0.1, 0.15) is 9.75 Å². The van der Waals surface area contributed by atoms with Crippen LogP contribution < -0.4 is 4.90 Å². The summed E-state index contributed by atoms with van der Waals surface area (Å²) in [5, 5.41) is 0.477. The van der Waals surface area contributed by atoms with E-state index in [4.69, 9.17) is 39.5 Å². The third-order valence-corrected chi connectivity index (χ3v) is 10.2. The number of carbonyl (C=O) groups is 4. The van der Waals surface area contributed by atoms with E-state index in [2.05, 4.69) is 0 Å². The fraction of sp³-hybridized carbons (Fsp3) is 0.176. The number of nitrogens with zero attached hydrogens (tertiary/aromatic N) is 1. The largest absolute Gasteiger partial charge is 0.451 e. The van der Waals surface area contributed by atoms with Gasteiger partial charge in [-0.2, -0.15) is 0 Å². The maximum Gasteiger partial charge on any atom is 0.338 e. The molecule has 1 heterocycles. The topological polar surface area (TPSA) is 80.8 Å². The predicted molar refractivity (Wildman–Crippen MR) is 163 cm³/mol. The molecule has 4 aliphatic rings. The SMILES string of the molecule is C[C@H](OC(=O)c1cccc(N2C(=O)[C@H]3[C@H](C2=O)C2(Cl)c4ccccc4C3(Cl)c3ccccc32)c1)C(=O)c1ccc(Cl)cc1. The second-order valence-electron chi connectivity index (χ2n) is 11.0. The summed E-state index contributed by atoms with van der Waals surface area (Å²) in [6, 6.07) is 27.1. The maximum atomic E-state index is 14.2. The number of hydrogen-bond donors (Lipinski definition) is 0. The number of amides is 2. The van der Waals surface area contributed by atoms with Crippen molar-refractivity contribution in [2.45, 2.75) is 22.8 Å². The van der Waals surface area contributed by atoms with Crippen LogP contribution in [0.4, 0.5) is 5.69 Å². The highest BCUT2D eigenvalue weighted by Gasteiger charge is 2.73. The molecule has 0 N–H and O–H groups in total. The highest BCUT2D eigenvalue weighted by Crippen LogP contribution is 2.69. The van der Waals surface area contributed by atoms with Gasteiger partial charge in [-0.25, -0.2) is 9.69 Å². The Balaban J connectivity index is 1.23. The van der Waals surface area contributed by atoms with E-state index in [-0.39, 0.29) is 11.3 Å². The minimum Gasteiger partial charge on any atom is -0.451 e. The lowest BCUT2D eigenvalue weighted by molar-refractivity contribution is -0.122. The van der Waals surface area contributed by atoms with Crippen LogP contribution in [-0.2, 0) is 24.1 Å². The Morgan fingerprint density at radius 3 is 1.70 bits per heavy atom. The Morgan fingerprint density at radius 2 is 1.21 bits per heavy atom. The molecular weight excluding hydrogens is 609 g/mol. The van der Waals surface area contributed by atoms with Gasteiger partial charge in [0, 0.05) is 10.6 Å². The summed E-state index contributed by atoms with van der Waals surface area (Å²) in [5.41, 5.74) is 3.40. The zero-order valence-corrected chi connectivity index (χ0v) is 24.9. The molecule has 3 aliphatic carbocycles. The molecule has 4 aromatic rings. The standard InChI is InChI=1S/C34H22Cl3NO5/c1-18(29(39)19-13-15-21(35)16-14-19)43-32(42)20-7-6-8-22(17-20)38-30(40)27-28(31(38)41)34(37)24-10-3-2-9-23(24)33(27,36)25-11-4-5-12-26(25)34/h2-18,27-28H,1H3/t18-,27+,28+,33?,34?/m0/s1. The molecule has 0 aromatic heterocycles. The van der Waals surface area contributed by atoms with Crippen LogP contribution >= 0.6 is 34.8 Å². The van der Waals surface area contributed by atoms with E-state index in [1.54, 1.807) is 36.4 Å². The fourth-order valence-electron chi connectivity index (χ4n) is 6.82. The third-order valence-electron chi connectivity index (χ3n) is 8.71. The van der Waals surface area contributed by atoms with Gasteiger partial charge >= 0.3 is 5.97 Å². The van der Waals surface area contributed by atoms with E-state index in [1.165, 1.54) is 19.1 Å². The van der Waals surface area contributed by atoms with E-state index in [9.17, 15) is 19.2 Å². The molecule has 1 fully saturated rings. The number of benzene rings is 4. The number of esters is 1. The summed E-state index contributed by atoms with van der Waals surface area (Å²) in [5.74, 6) is -4.14. The number of ketones is 1. The van der Waals surface area contributed by atoms with Gasteiger partial charge in [-0.1, -0.05) is 66.2 Å². The van der Waals surface area contributed by atoms with Gasteiger partial charge in [0.25, 0.3) is 0 Å². The van der Waals surface area contributed by atoms with Crippen LogP contribution in [0.25, 0.3) is 0 Å². The highest BCUT2D eigenvalue weighted by molar-refractivity contribution is 6.38. The molecule has 4 aromatic carbocycles. The summed E-state index contributed by atoms with van der Waals surface area (Å²) >= 11 is 20.9. The number of ether oxygens (including phenoxy) is 1. The molecule has 9 heteroatoms. The van der Waals surface area contributed by atoms with Crippen molar-refractivity contribution in [3.63, 3.8) is 0 Å². The summed E-state index contributed by atoms with van der Waals surface area (Å²) in [7, 11) is 0. The summed E-state index contributed by atoms with van der Waals surface area (Å²) < 4.78 is 5.46. The number of Topliss-reactive ketones (excluding diaryl/α,β-unsaturated/α-hetero) is 1. The average Bonchev–Trinajstić information content (AvgIpc) is 3.30. The quantitative estimate of drug-likeness (QED) is 0.104. The van der Waals surface area contributed by atoms with Gasteiger partial charge in [-0.15, -0.1) is 23.2 Å². The summed E-state index contributed by atoms with van der Waals surface area (Å²) in [4.78, 5) is 52.8. The first-order valence-corrected chi connectivity index (χ1v) is 14.8. The van der Waals surface area contributed by atoms with Crippen molar-refractivity contribution in [2.75, 3.05) is 4.90 Å². The molecule has 1 aliphatic heterocycles. The van der Waals surface area contributed by atoms with Crippen molar-refractivity contribution in [2.24, 2.45) is 11.8 Å². The number of alkyl halides is 2. The minimum atomic E-state index is -1.32. The van der Waals surface area contributed by atoms with Gasteiger partial charge < -0.3 is 4.74 Å². The van der Waals surface area contributed by atoms with Crippen LogP contribution in [0.2, 0.25) is 5.02 Å². The summed E-state index contributed by atoms with van der Waals surface area (Å²) in [6.07, 6.45) is -1.09. The molecular formula is C34H22Cl3NO5. The van der Waals surface area contributed by atoms with E-state index in [0.717, 1.165) is 4.90 Å². The molecule has 2 bridgehead atoms. The Labute approximate surface area is 262 Å². The van der Waals surface area contributed by atoms with Crippen LogP contribution in [0.5, 0.6) is 0 Å². The summed E-state index contributed by atoms with van der Waals surface area (Å²) in [6.45, 7) is 1.47. The van der Waals surface area contributed by atoms with Gasteiger partial charge in [-0.3, -0.25) is 14.4 Å². The van der Waals surface area contributed by atoms with Crippen LogP contribution in [-0.4, -0.2) is 29.7 Å². The van der Waals surface area contributed by atoms with Crippen molar-refractivity contribution < 1.29 is 23.9 Å². The molecule has 3 atom stereocenters. The molecule has 0 radical (unpaired) electrons. The Kier molecular flexibility index (Phi) is 6.33. The fourth-order valence-corrected chi connectivity index (χ4v) is 8.05. The second kappa shape index (κ2) is 9.78. The zero-order valence-electron chi connectivity index (χ0n) is 22.6. The van der Waals surface area contributed by atoms with E-state index in [0.29, 0.717) is 32.8 Å². The highest BCUT2D eigenvalue weighted by atomic mass is 35.5. The normalized spacial score (nSPS) is 25.5. The van der Waals surface area contributed by atoms with E-state index in [1.807, 2.05) is 48.5 Å². The average molecular weight is 631 g/mol. The first-order valence-electron chi connectivity index (χ1n) is 13.6. The molecule has 0 saturated carbocycles. The Morgan fingerprint density at radius 1 is 0.721 bits per heavy atom. The van der Waals surface area contributed by atoms with E-state index < -0.39 is 51.3 Å². The monoisotopic (exact) mass is 629 g/mol. The van der Waals surface area contributed by atoms with Gasteiger partial charge in [-0.05, 0) is 71.6 Å². The molecule has 6 nitrogen and oxygen atoms in total. The molecule has 0 unspecified atom stereocenters. The van der Waals surface area contributed by atoms with Crippen LogP contribution in [0.15, 0.2) is 97.1 Å². The zero-order chi connectivity index (χ0) is 30.3. The van der Waals surface area contributed by atoms with Crippen LogP contribution in [0.3, 0.4) is 0 Å². The molecule has 2 amide bonds. The lowest BCUT2D eigenvalue weighted by Gasteiger charge is -2.54. The Hall–Kier alpha value is -3.97. The van der Waals surface area contributed by atoms with Crippen molar-refractivity contribution >= 4 is 64.1 Å². The smallest absolute Gasteiger partial charge is 0.338 e. The van der Waals surface area contributed by atoms with Crippen LogP contribution in [0.1, 0.15) is 49.9 Å². The number of carbonyl (C=O) groups excluding carboxylic acids is 4. The van der Waals surface area contributed by atoms with E-state index >= 15 is 0 Å². The first kappa shape index (κ1) is 27.8. The van der Waals surface area contributed by atoms with Gasteiger partial charge in [0.05, 0.1) is 23.1 Å². The lowest BCUT2D eigenvalue weighted by atomic mass is 9.54. The number of rotatable bonds is 5. The van der Waals surface area contributed by atoms with Crippen molar-refractivity contribution in [1.29, 1.82) is 0 Å². The maximum absolute atomic E-state index is 14.2. The second-order valence-corrected chi connectivity index (χ2v) is 12.6. The number of halogens is 3.